The summed E-state index contributed by atoms with van der Waals surface area (Å²) in [5.41, 5.74) is 4.62. The first kappa shape index (κ1) is 18.9. The van der Waals surface area contributed by atoms with Crippen LogP contribution >= 0.6 is 23.1 Å². The van der Waals surface area contributed by atoms with Gasteiger partial charge in [0.2, 0.25) is 11.9 Å². The van der Waals surface area contributed by atoms with E-state index in [0.717, 1.165) is 11.3 Å². The van der Waals surface area contributed by atoms with Gasteiger partial charge in [0.25, 0.3) is 5.56 Å². The van der Waals surface area contributed by atoms with Crippen LogP contribution in [0.15, 0.2) is 9.59 Å². The van der Waals surface area contributed by atoms with Crippen LogP contribution in [0.3, 0.4) is 0 Å². The molecule has 0 saturated carbocycles. The lowest BCUT2D eigenvalue weighted by molar-refractivity contribution is -0.121. The normalized spacial score (nSPS) is 24.0. The fraction of sp³-hybridized carbons (Fsp3) is 0.571. The number of fused-ring (bicyclic) bond motifs is 1. The first-order valence-electron chi connectivity index (χ1n) is 7.96. The van der Waals surface area contributed by atoms with Gasteiger partial charge >= 0.3 is 4.87 Å². The Morgan fingerprint density at radius 3 is 2.92 bits per heavy atom. The number of anilines is 1. The number of aromatic amines is 1. The summed E-state index contributed by atoms with van der Waals surface area (Å²) in [7, 11) is 1.52. The monoisotopic (exact) mass is 401 g/mol. The zero-order valence-corrected chi connectivity index (χ0v) is 15.7. The fourth-order valence-corrected chi connectivity index (χ4v) is 5.01. The van der Waals surface area contributed by atoms with Crippen LogP contribution in [0.4, 0.5) is 5.95 Å². The van der Waals surface area contributed by atoms with Crippen LogP contribution in [-0.2, 0) is 9.53 Å². The number of nitrogen functional groups attached to an aromatic ring is 1. The number of thioether (sulfide) groups is 1. The van der Waals surface area contributed by atoms with E-state index in [9.17, 15) is 19.5 Å². The number of hydrogen-bond acceptors (Lipinski definition) is 9. The molecule has 0 spiro atoms. The average Bonchev–Trinajstić information content (AvgIpc) is 3.14. The number of carbonyl (C=O) groups is 1. The van der Waals surface area contributed by atoms with Crippen LogP contribution in [0.2, 0.25) is 0 Å². The first-order valence-corrected chi connectivity index (χ1v) is 9.72. The van der Waals surface area contributed by atoms with Crippen molar-refractivity contribution in [2.75, 3.05) is 12.8 Å². The maximum absolute atomic E-state index is 12.5. The summed E-state index contributed by atoms with van der Waals surface area (Å²) in [5, 5.41) is 12.2. The molecule has 3 rings (SSSR count). The van der Waals surface area contributed by atoms with Crippen LogP contribution < -0.4 is 21.5 Å². The molecule has 2 aromatic heterocycles. The minimum Gasteiger partial charge on any atom is -0.390 e. The molecule has 0 aliphatic carbocycles. The average molecular weight is 401 g/mol. The molecule has 1 saturated heterocycles. The Morgan fingerprint density at radius 1 is 1.54 bits per heavy atom. The van der Waals surface area contributed by atoms with Crippen molar-refractivity contribution < 1.29 is 14.6 Å². The van der Waals surface area contributed by atoms with E-state index < -0.39 is 33.5 Å². The van der Waals surface area contributed by atoms with Gasteiger partial charge in [-0.25, -0.2) is 0 Å². The van der Waals surface area contributed by atoms with Crippen molar-refractivity contribution in [2.24, 2.45) is 0 Å². The lowest BCUT2D eigenvalue weighted by Crippen LogP contribution is -2.31. The van der Waals surface area contributed by atoms with E-state index in [1.54, 1.807) is 0 Å². The number of carbonyl (C=O) groups excluding carboxylic acids is 1. The van der Waals surface area contributed by atoms with Gasteiger partial charge in [0.1, 0.15) is 10.1 Å². The molecule has 1 aliphatic heterocycles. The van der Waals surface area contributed by atoms with Gasteiger partial charge in [0.05, 0.1) is 11.4 Å². The summed E-state index contributed by atoms with van der Waals surface area (Å²) in [4.78, 5) is 42.4. The van der Waals surface area contributed by atoms with Gasteiger partial charge in [-0.15, -0.1) is 11.8 Å². The standard InChI is InChI=1S/C14H19N5O5S2/c1-3-5(20)12-24-11(6(25-12)4-7(21)16-2)19-9-8(26-14(19)23)10(22)18-13(15)17-9/h5-6,11-12,20H,3-4H2,1-2H3,(H,16,21)(H3,15,17,18,22)/t5-,6-,11+,12-/m0/s1. The van der Waals surface area contributed by atoms with Crippen molar-refractivity contribution in [2.45, 2.75) is 42.8 Å². The summed E-state index contributed by atoms with van der Waals surface area (Å²) >= 11 is 2.02. The smallest absolute Gasteiger partial charge is 0.311 e. The van der Waals surface area contributed by atoms with E-state index in [1.165, 1.54) is 23.4 Å². The third-order valence-electron chi connectivity index (χ3n) is 4.04. The molecule has 1 amide bonds. The predicted octanol–water partition coefficient (Wildman–Crippen LogP) is -0.408. The molecule has 3 heterocycles. The second-order valence-electron chi connectivity index (χ2n) is 5.76. The van der Waals surface area contributed by atoms with Crippen LogP contribution in [0.5, 0.6) is 0 Å². The van der Waals surface area contributed by atoms with E-state index in [4.69, 9.17) is 10.5 Å². The minimum atomic E-state index is -0.849. The highest BCUT2D eigenvalue weighted by atomic mass is 32.2. The molecule has 1 fully saturated rings. The number of rotatable bonds is 5. The van der Waals surface area contributed by atoms with Crippen LogP contribution in [0.1, 0.15) is 26.0 Å². The number of hydrogen-bond donors (Lipinski definition) is 4. The SMILES string of the molecule is CC[C@H](O)[C@H]1O[C@@H](n2c(=O)sc3c(=O)[nH]c(N)nc32)[C@H](CC(=O)NC)S1. The Kier molecular flexibility index (Phi) is 5.37. The van der Waals surface area contributed by atoms with Gasteiger partial charge in [-0.1, -0.05) is 18.3 Å². The molecule has 142 valence electrons. The van der Waals surface area contributed by atoms with Crippen molar-refractivity contribution in [3.8, 4) is 0 Å². The second-order valence-corrected chi connectivity index (χ2v) is 8.07. The second kappa shape index (κ2) is 7.39. The third-order valence-corrected chi connectivity index (χ3v) is 6.43. The maximum Gasteiger partial charge on any atom is 0.311 e. The molecule has 0 aromatic carbocycles. The van der Waals surface area contributed by atoms with Crippen molar-refractivity contribution in [3.05, 3.63) is 20.0 Å². The number of nitrogens with two attached hydrogens (primary N) is 1. The molecule has 5 N–H and O–H groups in total. The van der Waals surface area contributed by atoms with Crippen molar-refractivity contribution in [3.63, 3.8) is 0 Å². The molecule has 2 aromatic rings. The van der Waals surface area contributed by atoms with Gasteiger partial charge in [-0.2, -0.15) is 4.98 Å². The molecular weight excluding hydrogens is 382 g/mol. The van der Waals surface area contributed by atoms with Crippen molar-refractivity contribution in [1.29, 1.82) is 0 Å². The molecule has 10 nitrogen and oxygen atoms in total. The number of aliphatic hydroxyl groups excluding tert-OH is 1. The van der Waals surface area contributed by atoms with E-state index in [1.807, 2.05) is 6.92 Å². The van der Waals surface area contributed by atoms with Crippen molar-refractivity contribution in [1.82, 2.24) is 19.9 Å². The van der Waals surface area contributed by atoms with E-state index in [-0.39, 0.29) is 28.6 Å². The Hall–Kier alpha value is -1.89. The Balaban J connectivity index is 2.08. The number of aromatic nitrogens is 3. The molecule has 0 bridgehead atoms. The predicted molar refractivity (Wildman–Crippen MR) is 99.2 cm³/mol. The fourth-order valence-electron chi connectivity index (χ4n) is 2.70. The third kappa shape index (κ3) is 3.37. The zero-order chi connectivity index (χ0) is 19.0. The van der Waals surface area contributed by atoms with Crippen molar-refractivity contribution >= 4 is 45.3 Å². The van der Waals surface area contributed by atoms with E-state index >= 15 is 0 Å². The summed E-state index contributed by atoms with van der Waals surface area (Å²) in [6, 6.07) is 0. The largest absolute Gasteiger partial charge is 0.390 e. The van der Waals surface area contributed by atoms with Crippen LogP contribution in [-0.4, -0.2) is 49.4 Å². The Morgan fingerprint density at radius 2 is 2.27 bits per heavy atom. The number of nitrogens with zero attached hydrogens (tertiary/aromatic N) is 2. The lowest BCUT2D eigenvalue weighted by atomic mass is 10.2. The Labute approximate surface area is 155 Å². The number of amides is 1. The van der Waals surface area contributed by atoms with E-state index in [0.29, 0.717) is 6.42 Å². The van der Waals surface area contributed by atoms with Crippen LogP contribution in [0.25, 0.3) is 10.3 Å². The number of nitrogens with one attached hydrogen (secondary N) is 2. The molecular formula is C14H19N5O5S2. The highest BCUT2D eigenvalue weighted by Gasteiger charge is 2.42. The van der Waals surface area contributed by atoms with Gasteiger partial charge in [0, 0.05) is 13.5 Å². The highest BCUT2D eigenvalue weighted by molar-refractivity contribution is 8.00. The molecule has 1 aliphatic rings. The minimum absolute atomic E-state index is 0.0845. The topological polar surface area (TPSA) is 152 Å². The summed E-state index contributed by atoms with van der Waals surface area (Å²) < 4.78 is 7.27. The van der Waals surface area contributed by atoms with Gasteiger partial charge < -0.3 is 20.9 Å². The zero-order valence-electron chi connectivity index (χ0n) is 14.1. The number of H-pyrrole nitrogens is 1. The molecule has 26 heavy (non-hydrogen) atoms. The van der Waals surface area contributed by atoms with Gasteiger partial charge in [-0.3, -0.25) is 23.9 Å². The number of ether oxygens (including phenoxy) is 1. The molecule has 4 atom stereocenters. The summed E-state index contributed by atoms with van der Waals surface area (Å²) in [6.45, 7) is 1.81. The highest BCUT2D eigenvalue weighted by Crippen LogP contribution is 2.43. The van der Waals surface area contributed by atoms with E-state index in [2.05, 4.69) is 15.3 Å². The Bertz CT molecular complexity index is 938. The molecule has 0 radical (unpaired) electrons. The van der Waals surface area contributed by atoms with Gasteiger partial charge in [-0.05, 0) is 6.42 Å². The summed E-state index contributed by atoms with van der Waals surface area (Å²) in [5.74, 6) is -0.340. The molecule has 12 heteroatoms. The number of thiazole rings is 1. The first-order chi connectivity index (χ1) is 12.3. The molecule has 0 unspecified atom stereocenters. The van der Waals surface area contributed by atoms with Crippen LogP contribution in [0, 0.1) is 0 Å². The lowest BCUT2D eigenvalue weighted by Gasteiger charge is -2.19. The maximum atomic E-state index is 12.5. The van der Waals surface area contributed by atoms with Gasteiger partial charge in [0.15, 0.2) is 11.9 Å². The quantitative estimate of drug-likeness (QED) is 0.528. The summed E-state index contributed by atoms with van der Waals surface area (Å²) in [6.07, 6.45) is -1.06. The number of aliphatic hydroxyl groups is 1.